The van der Waals surface area contributed by atoms with E-state index < -0.39 is 10.8 Å². The molecule has 0 unspecified atom stereocenters. The fraction of sp³-hybridized carbons (Fsp3) is 0.833. The van der Waals surface area contributed by atoms with Crippen LogP contribution >= 0.6 is 11.6 Å². The van der Waals surface area contributed by atoms with Crippen LogP contribution in [0.4, 0.5) is 0 Å². The summed E-state index contributed by atoms with van der Waals surface area (Å²) in [4.78, 5) is 9.47. The average molecular weight is 149 g/mol. The van der Waals surface area contributed by atoms with Gasteiger partial charge in [0.25, 0.3) is 0 Å². The SMILES string of the molecule is O=C(O)C1(Cl)CCCC1. The van der Waals surface area contributed by atoms with E-state index in [0.29, 0.717) is 12.8 Å². The number of carbonyl (C=O) groups is 1. The van der Waals surface area contributed by atoms with Gasteiger partial charge in [-0.05, 0) is 12.8 Å². The fourth-order valence-corrected chi connectivity index (χ4v) is 1.42. The van der Waals surface area contributed by atoms with E-state index in [-0.39, 0.29) is 0 Å². The Morgan fingerprint density at radius 2 is 1.89 bits per heavy atom. The van der Waals surface area contributed by atoms with Crippen LogP contribution in [0.3, 0.4) is 0 Å². The molecule has 0 aromatic carbocycles. The molecule has 2 nitrogen and oxygen atoms in total. The second-order valence-corrected chi connectivity index (χ2v) is 3.20. The molecule has 0 aliphatic heterocycles. The predicted octanol–water partition coefficient (Wildman–Crippen LogP) is 1.62. The molecule has 0 aromatic rings. The van der Waals surface area contributed by atoms with Gasteiger partial charge in [0.1, 0.15) is 4.87 Å². The zero-order valence-corrected chi connectivity index (χ0v) is 5.82. The van der Waals surface area contributed by atoms with Crippen LogP contribution in [0.5, 0.6) is 0 Å². The van der Waals surface area contributed by atoms with Gasteiger partial charge in [0.2, 0.25) is 0 Å². The van der Waals surface area contributed by atoms with Crippen molar-refractivity contribution in [1.82, 2.24) is 0 Å². The molecule has 0 saturated heterocycles. The lowest BCUT2D eigenvalue weighted by atomic mass is 10.1. The molecule has 0 atom stereocenters. The summed E-state index contributed by atoms with van der Waals surface area (Å²) in [6, 6.07) is 0. The molecule has 1 rings (SSSR count). The van der Waals surface area contributed by atoms with Crippen molar-refractivity contribution in [2.45, 2.75) is 30.6 Å². The van der Waals surface area contributed by atoms with Gasteiger partial charge in [-0.15, -0.1) is 11.6 Å². The number of rotatable bonds is 1. The minimum atomic E-state index is -0.917. The van der Waals surface area contributed by atoms with E-state index in [1.54, 1.807) is 0 Å². The lowest BCUT2D eigenvalue weighted by Crippen LogP contribution is -2.28. The monoisotopic (exact) mass is 148 g/mol. The van der Waals surface area contributed by atoms with Gasteiger partial charge in [0.05, 0.1) is 0 Å². The fourth-order valence-electron chi connectivity index (χ4n) is 1.15. The summed E-state index contributed by atoms with van der Waals surface area (Å²) in [5.74, 6) is -0.860. The predicted molar refractivity (Wildman–Crippen MR) is 34.7 cm³/mol. The van der Waals surface area contributed by atoms with Gasteiger partial charge >= 0.3 is 5.97 Å². The van der Waals surface area contributed by atoms with E-state index >= 15 is 0 Å². The Balaban J connectivity index is 2.61. The van der Waals surface area contributed by atoms with Gasteiger partial charge in [-0.1, -0.05) is 12.8 Å². The molecule has 9 heavy (non-hydrogen) atoms. The topological polar surface area (TPSA) is 37.3 Å². The Hall–Kier alpha value is -0.240. The summed E-state index contributed by atoms with van der Waals surface area (Å²) >= 11 is 5.71. The molecular weight excluding hydrogens is 140 g/mol. The van der Waals surface area contributed by atoms with Crippen LogP contribution in [0.2, 0.25) is 0 Å². The van der Waals surface area contributed by atoms with E-state index in [4.69, 9.17) is 16.7 Å². The normalized spacial score (nSPS) is 24.1. The van der Waals surface area contributed by atoms with E-state index in [9.17, 15) is 4.79 Å². The van der Waals surface area contributed by atoms with Gasteiger partial charge < -0.3 is 5.11 Å². The molecule has 1 saturated carbocycles. The van der Waals surface area contributed by atoms with Crippen LogP contribution in [0.1, 0.15) is 25.7 Å². The number of halogens is 1. The van der Waals surface area contributed by atoms with Crippen LogP contribution in [0, 0.1) is 0 Å². The summed E-state index contributed by atoms with van der Waals surface area (Å²) in [7, 11) is 0. The van der Waals surface area contributed by atoms with Gasteiger partial charge in [-0.2, -0.15) is 0 Å². The molecule has 1 aliphatic carbocycles. The third kappa shape index (κ3) is 1.18. The Morgan fingerprint density at radius 1 is 1.44 bits per heavy atom. The van der Waals surface area contributed by atoms with Crippen LogP contribution in [0.25, 0.3) is 0 Å². The Labute approximate surface area is 58.8 Å². The zero-order chi connectivity index (χ0) is 6.91. The van der Waals surface area contributed by atoms with Crippen LogP contribution in [-0.2, 0) is 4.79 Å². The highest BCUT2D eigenvalue weighted by Crippen LogP contribution is 2.35. The van der Waals surface area contributed by atoms with Crippen molar-refractivity contribution in [2.75, 3.05) is 0 Å². The first-order chi connectivity index (χ1) is 4.15. The minimum Gasteiger partial charge on any atom is -0.480 e. The molecule has 0 radical (unpaired) electrons. The highest BCUT2D eigenvalue weighted by Gasteiger charge is 2.38. The number of carboxylic acids is 1. The van der Waals surface area contributed by atoms with E-state index in [0.717, 1.165) is 12.8 Å². The smallest absolute Gasteiger partial charge is 0.324 e. The Bertz CT molecular complexity index is 127. The summed E-state index contributed by atoms with van der Waals surface area (Å²) in [5.41, 5.74) is 0. The second-order valence-electron chi connectivity index (χ2n) is 2.48. The molecule has 3 heteroatoms. The molecule has 1 aliphatic rings. The molecule has 52 valence electrons. The zero-order valence-electron chi connectivity index (χ0n) is 5.06. The van der Waals surface area contributed by atoms with Crippen molar-refractivity contribution in [3.63, 3.8) is 0 Å². The van der Waals surface area contributed by atoms with Gasteiger partial charge in [0.15, 0.2) is 0 Å². The third-order valence-electron chi connectivity index (χ3n) is 1.78. The number of hydrogen-bond donors (Lipinski definition) is 1. The number of aliphatic carboxylic acids is 1. The molecule has 0 aromatic heterocycles. The van der Waals surface area contributed by atoms with Crippen molar-refractivity contribution in [1.29, 1.82) is 0 Å². The highest BCUT2D eigenvalue weighted by atomic mass is 35.5. The standard InChI is InChI=1S/C6H9ClO2/c7-6(5(8)9)3-1-2-4-6/h1-4H2,(H,8,9). The first kappa shape index (κ1) is 6.87. The quantitative estimate of drug-likeness (QED) is 0.574. The van der Waals surface area contributed by atoms with Gasteiger partial charge in [-0.3, -0.25) is 4.79 Å². The van der Waals surface area contributed by atoms with Crippen molar-refractivity contribution in [2.24, 2.45) is 0 Å². The minimum absolute atomic E-state index is 0.629. The van der Waals surface area contributed by atoms with Crippen molar-refractivity contribution in [3.05, 3.63) is 0 Å². The maximum absolute atomic E-state index is 10.4. The van der Waals surface area contributed by atoms with Crippen molar-refractivity contribution < 1.29 is 9.90 Å². The average Bonchev–Trinajstić information content (AvgIpc) is 2.16. The molecular formula is C6H9ClO2. The second kappa shape index (κ2) is 2.18. The number of alkyl halides is 1. The first-order valence-corrected chi connectivity index (χ1v) is 3.45. The van der Waals surface area contributed by atoms with Crippen LogP contribution < -0.4 is 0 Å². The van der Waals surface area contributed by atoms with Crippen LogP contribution in [0.15, 0.2) is 0 Å². The lowest BCUT2D eigenvalue weighted by Gasteiger charge is -2.12. The Morgan fingerprint density at radius 3 is 2.11 bits per heavy atom. The molecule has 1 fully saturated rings. The molecule has 1 N–H and O–H groups in total. The summed E-state index contributed by atoms with van der Waals surface area (Å²) in [6.07, 6.45) is 3.17. The number of carboxylic acid groups (broad SMARTS) is 1. The summed E-state index contributed by atoms with van der Waals surface area (Å²) < 4.78 is 0. The summed E-state index contributed by atoms with van der Waals surface area (Å²) in [6.45, 7) is 0. The Kier molecular flexibility index (Phi) is 1.66. The number of hydrogen-bond acceptors (Lipinski definition) is 1. The van der Waals surface area contributed by atoms with Crippen molar-refractivity contribution >= 4 is 17.6 Å². The largest absolute Gasteiger partial charge is 0.480 e. The molecule has 0 spiro atoms. The van der Waals surface area contributed by atoms with Gasteiger partial charge in [-0.25, -0.2) is 0 Å². The van der Waals surface area contributed by atoms with Crippen LogP contribution in [-0.4, -0.2) is 16.0 Å². The highest BCUT2D eigenvalue weighted by molar-refractivity contribution is 6.33. The van der Waals surface area contributed by atoms with Crippen molar-refractivity contribution in [3.8, 4) is 0 Å². The van der Waals surface area contributed by atoms with E-state index in [1.807, 2.05) is 0 Å². The third-order valence-corrected chi connectivity index (χ3v) is 2.32. The van der Waals surface area contributed by atoms with E-state index in [2.05, 4.69) is 0 Å². The van der Waals surface area contributed by atoms with Gasteiger partial charge in [0, 0.05) is 0 Å². The molecule has 0 bridgehead atoms. The molecule has 0 amide bonds. The van der Waals surface area contributed by atoms with E-state index in [1.165, 1.54) is 0 Å². The summed E-state index contributed by atoms with van der Waals surface area (Å²) in [5, 5.41) is 8.54. The maximum Gasteiger partial charge on any atom is 0.324 e. The molecule has 0 heterocycles. The lowest BCUT2D eigenvalue weighted by molar-refractivity contribution is -0.140. The first-order valence-electron chi connectivity index (χ1n) is 3.07. The maximum atomic E-state index is 10.4.